The molecular formula is C9H15N3S. The lowest BCUT2D eigenvalue weighted by atomic mass is 10.2. The highest BCUT2D eigenvalue weighted by atomic mass is 32.1. The molecule has 0 bridgehead atoms. The molecule has 1 rings (SSSR count). The van der Waals surface area contributed by atoms with Crippen molar-refractivity contribution in [3.05, 3.63) is 16.6 Å². The van der Waals surface area contributed by atoms with Gasteiger partial charge in [0.1, 0.15) is 0 Å². The molecule has 0 saturated heterocycles. The number of thiazole rings is 1. The second kappa shape index (κ2) is 5.70. The van der Waals surface area contributed by atoms with Gasteiger partial charge in [0, 0.05) is 18.1 Å². The maximum absolute atomic E-state index is 5.72. The zero-order chi connectivity index (χ0) is 9.52. The van der Waals surface area contributed by atoms with Crippen molar-refractivity contribution in [3.63, 3.8) is 0 Å². The van der Waals surface area contributed by atoms with Crippen LogP contribution in [-0.4, -0.2) is 17.4 Å². The van der Waals surface area contributed by atoms with E-state index < -0.39 is 0 Å². The summed E-state index contributed by atoms with van der Waals surface area (Å²) in [4.78, 5) is 8.32. The van der Waals surface area contributed by atoms with E-state index in [0.717, 1.165) is 18.0 Å². The topological polar surface area (TPSA) is 51.3 Å². The van der Waals surface area contributed by atoms with E-state index in [1.807, 2.05) is 5.38 Å². The minimum atomic E-state index is 0.575. The van der Waals surface area contributed by atoms with Crippen molar-refractivity contribution in [2.45, 2.75) is 26.2 Å². The van der Waals surface area contributed by atoms with Crippen LogP contribution in [0.25, 0.3) is 0 Å². The molecule has 13 heavy (non-hydrogen) atoms. The van der Waals surface area contributed by atoms with Crippen molar-refractivity contribution in [2.24, 2.45) is 10.7 Å². The highest BCUT2D eigenvalue weighted by Crippen LogP contribution is 2.03. The first-order valence-electron chi connectivity index (χ1n) is 4.54. The van der Waals surface area contributed by atoms with E-state index in [4.69, 9.17) is 5.73 Å². The number of unbranched alkanes of at least 4 members (excludes halogenated alkanes) is 2. The van der Waals surface area contributed by atoms with Crippen molar-refractivity contribution in [3.8, 4) is 0 Å². The van der Waals surface area contributed by atoms with Gasteiger partial charge in [-0.3, -0.25) is 4.99 Å². The van der Waals surface area contributed by atoms with E-state index in [2.05, 4.69) is 16.9 Å². The van der Waals surface area contributed by atoms with Crippen LogP contribution < -0.4 is 5.73 Å². The first-order chi connectivity index (χ1) is 6.34. The molecule has 0 saturated carbocycles. The maximum Gasteiger partial charge on any atom is 0.157 e. The van der Waals surface area contributed by atoms with Crippen molar-refractivity contribution < 1.29 is 0 Å². The number of hydrogen-bond acceptors (Lipinski definition) is 3. The fourth-order valence-corrected chi connectivity index (χ4v) is 1.54. The summed E-state index contributed by atoms with van der Waals surface area (Å²) in [5, 5.41) is 2.74. The van der Waals surface area contributed by atoms with E-state index in [-0.39, 0.29) is 0 Å². The van der Waals surface area contributed by atoms with Gasteiger partial charge in [-0.15, -0.1) is 11.3 Å². The third-order valence-electron chi connectivity index (χ3n) is 1.70. The number of hydrogen-bond donors (Lipinski definition) is 1. The summed E-state index contributed by atoms with van der Waals surface area (Å²) in [6.45, 7) is 2.99. The second-order valence-corrected chi connectivity index (χ2v) is 3.71. The van der Waals surface area contributed by atoms with Crippen LogP contribution in [0.4, 0.5) is 0 Å². The summed E-state index contributed by atoms with van der Waals surface area (Å²) in [7, 11) is 0. The van der Waals surface area contributed by atoms with Gasteiger partial charge in [-0.2, -0.15) is 0 Å². The van der Waals surface area contributed by atoms with Gasteiger partial charge in [0.25, 0.3) is 0 Å². The first kappa shape index (κ1) is 10.2. The van der Waals surface area contributed by atoms with Crippen LogP contribution in [-0.2, 0) is 0 Å². The molecule has 0 amide bonds. The quantitative estimate of drug-likeness (QED) is 0.446. The van der Waals surface area contributed by atoms with Gasteiger partial charge in [-0.1, -0.05) is 19.8 Å². The molecule has 0 aromatic carbocycles. The van der Waals surface area contributed by atoms with Gasteiger partial charge in [0.2, 0.25) is 0 Å². The third-order valence-corrected chi connectivity index (χ3v) is 2.49. The fraction of sp³-hybridized carbons (Fsp3) is 0.556. The Labute approximate surface area is 82.7 Å². The van der Waals surface area contributed by atoms with Gasteiger partial charge in [-0.05, 0) is 6.42 Å². The molecule has 2 N–H and O–H groups in total. The first-order valence-corrected chi connectivity index (χ1v) is 5.42. The maximum atomic E-state index is 5.72. The number of rotatable bonds is 5. The zero-order valence-corrected chi connectivity index (χ0v) is 8.68. The average Bonchev–Trinajstić information content (AvgIpc) is 2.65. The summed E-state index contributed by atoms with van der Waals surface area (Å²) in [6.07, 6.45) is 5.29. The van der Waals surface area contributed by atoms with Crippen molar-refractivity contribution in [1.29, 1.82) is 0 Å². The molecule has 0 spiro atoms. The molecule has 0 radical (unpaired) electrons. The van der Waals surface area contributed by atoms with Crippen LogP contribution >= 0.6 is 11.3 Å². The number of aliphatic imine (C=N–C) groups is 1. The van der Waals surface area contributed by atoms with Crippen LogP contribution in [0.15, 0.2) is 16.6 Å². The molecule has 1 heterocycles. The molecule has 0 atom stereocenters. The Hall–Kier alpha value is -0.900. The summed E-state index contributed by atoms with van der Waals surface area (Å²) >= 11 is 1.53. The Balaban J connectivity index is 2.35. The largest absolute Gasteiger partial charge is 0.381 e. The standard InChI is InChI=1S/C9H15N3S/c1-2-3-4-5-11-8(10)9-12-6-7-13-9/h6-7H,2-5H2,1H3,(H2,10,11). The van der Waals surface area contributed by atoms with Gasteiger partial charge in [-0.25, -0.2) is 4.98 Å². The minimum Gasteiger partial charge on any atom is -0.381 e. The summed E-state index contributed by atoms with van der Waals surface area (Å²) in [5.41, 5.74) is 5.72. The Morgan fingerprint density at radius 1 is 1.62 bits per heavy atom. The lowest BCUT2D eigenvalue weighted by Gasteiger charge is -1.95. The van der Waals surface area contributed by atoms with Crippen LogP contribution in [0.1, 0.15) is 31.2 Å². The molecule has 0 fully saturated rings. The van der Waals surface area contributed by atoms with Gasteiger partial charge in [0.05, 0.1) is 0 Å². The molecule has 0 aliphatic carbocycles. The second-order valence-electron chi connectivity index (χ2n) is 2.81. The predicted octanol–water partition coefficient (Wildman–Crippen LogP) is 2.04. The Kier molecular flexibility index (Phi) is 4.46. The molecule has 72 valence electrons. The van der Waals surface area contributed by atoms with Crippen LogP contribution in [0.2, 0.25) is 0 Å². The Bertz CT molecular complexity index is 254. The zero-order valence-electron chi connectivity index (χ0n) is 7.86. The SMILES string of the molecule is CCCCCN=C(N)c1nccs1. The molecule has 1 aromatic heterocycles. The van der Waals surface area contributed by atoms with Crippen LogP contribution in [0.5, 0.6) is 0 Å². The number of amidine groups is 1. The van der Waals surface area contributed by atoms with Crippen molar-refractivity contribution >= 4 is 17.2 Å². The molecule has 0 aliphatic heterocycles. The number of nitrogens with two attached hydrogens (primary N) is 1. The molecule has 1 aromatic rings. The van der Waals surface area contributed by atoms with Crippen molar-refractivity contribution in [2.75, 3.05) is 6.54 Å². The van der Waals surface area contributed by atoms with E-state index in [1.54, 1.807) is 6.20 Å². The summed E-state index contributed by atoms with van der Waals surface area (Å²) in [5.74, 6) is 0.575. The highest BCUT2D eigenvalue weighted by Gasteiger charge is 1.98. The van der Waals surface area contributed by atoms with Gasteiger partial charge in [0.15, 0.2) is 10.8 Å². The summed E-state index contributed by atoms with van der Waals surface area (Å²) < 4.78 is 0. The van der Waals surface area contributed by atoms with Crippen LogP contribution in [0.3, 0.4) is 0 Å². The Morgan fingerprint density at radius 2 is 2.46 bits per heavy atom. The van der Waals surface area contributed by atoms with E-state index in [1.165, 1.54) is 24.2 Å². The van der Waals surface area contributed by atoms with E-state index >= 15 is 0 Å². The smallest absolute Gasteiger partial charge is 0.157 e. The molecule has 0 aliphatic rings. The van der Waals surface area contributed by atoms with E-state index in [0.29, 0.717) is 5.84 Å². The third kappa shape index (κ3) is 3.55. The van der Waals surface area contributed by atoms with Gasteiger partial charge < -0.3 is 5.73 Å². The normalized spacial score (nSPS) is 11.9. The van der Waals surface area contributed by atoms with Gasteiger partial charge >= 0.3 is 0 Å². The molecule has 3 nitrogen and oxygen atoms in total. The lowest BCUT2D eigenvalue weighted by molar-refractivity contribution is 0.728. The molecule has 4 heteroatoms. The predicted molar refractivity (Wildman–Crippen MR) is 57.2 cm³/mol. The van der Waals surface area contributed by atoms with Crippen LogP contribution in [0, 0.1) is 0 Å². The van der Waals surface area contributed by atoms with Crippen molar-refractivity contribution in [1.82, 2.24) is 4.98 Å². The number of nitrogens with zero attached hydrogens (tertiary/aromatic N) is 2. The average molecular weight is 197 g/mol. The van der Waals surface area contributed by atoms with E-state index in [9.17, 15) is 0 Å². The molecule has 0 unspecified atom stereocenters. The summed E-state index contributed by atoms with van der Waals surface area (Å²) in [6, 6.07) is 0. The molecular weight excluding hydrogens is 182 g/mol. The Morgan fingerprint density at radius 3 is 3.08 bits per heavy atom. The monoisotopic (exact) mass is 197 g/mol. The number of aromatic nitrogens is 1. The lowest BCUT2D eigenvalue weighted by Crippen LogP contribution is -2.13. The minimum absolute atomic E-state index is 0.575. The highest BCUT2D eigenvalue weighted by molar-refractivity contribution is 7.11. The fourth-order valence-electron chi connectivity index (χ4n) is 0.979.